The number of aliphatic hydroxyl groups is 1. The zero-order valence-corrected chi connectivity index (χ0v) is 22.0. The summed E-state index contributed by atoms with van der Waals surface area (Å²) in [7, 11) is -4.32. The van der Waals surface area contributed by atoms with Crippen molar-refractivity contribution in [1.82, 2.24) is 14.6 Å². The number of esters is 1. The number of carbonyl (C=O) groups excluding carboxylic acids is 1. The smallest absolute Gasteiger partial charge is 0.459 e. The predicted octanol–water partition coefficient (Wildman–Crippen LogP) is 1.99. The first-order chi connectivity index (χ1) is 16.8. The Hall–Kier alpha value is -2.35. The Bertz CT molecular complexity index is 1220. The zero-order chi connectivity index (χ0) is 26.7. The number of benzene rings is 1. The van der Waals surface area contributed by atoms with Crippen LogP contribution < -0.4 is 20.9 Å². The third-order valence-corrected chi connectivity index (χ3v) is 7.42. The highest BCUT2D eigenvalue weighted by atomic mass is 79.9. The molecule has 2 heterocycles. The summed E-state index contributed by atoms with van der Waals surface area (Å²) in [6.45, 7) is 4.01. The number of alkyl halides is 2. The van der Waals surface area contributed by atoms with Gasteiger partial charge in [-0.05, 0) is 48.8 Å². The lowest BCUT2D eigenvalue weighted by molar-refractivity contribution is -0.149. The van der Waals surface area contributed by atoms with E-state index in [9.17, 15) is 24.1 Å². The van der Waals surface area contributed by atoms with E-state index >= 15 is 4.39 Å². The second-order valence-electron chi connectivity index (χ2n) is 8.20. The lowest BCUT2D eigenvalue weighted by Gasteiger charge is -2.25. The highest BCUT2D eigenvalue weighted by molar-refractivity contribution is 9.10. The molecule has 12 nitrogen and oxygen atoms in total. The number of rotatable bonds is 10. The normalized spacial score (nSPS) is 26.4. The zero-order valence-electron chi connectivity index (χ0n) is 19.5. The van der Waals surface area contributed by atoms with Crippen LogP contribution in [0, 0.1) is 0 Å². The molecule has 1 aliphatic heterocycles. The van der Waals surface area contributed by atoms with E-state index in [2.05, 4.69) is 21.0 Å². The van der Waals surface area contributed by atoms with Gasteiger partial charge in [0, 0.05) is 12.3 Å². The van der Waals surface area contributed by atoms with Crippen molar-refractivity contribution in [3.05, 3.63) is 63.4 Å². The maximum Gasteiger partial charge on any atom is 0.459 e. The maximum atomic E-state index is 15.3. The van der Waals surface area contributed by atoms with Gasteiger partial charge in [0.2, 0.25) is 4.58 Å². The van der Waals surface area contributed by atoms with E-state index in [1.54, 1.807) is 32.0 Å². The number of aromatic amines is 1. The maximum absolute atomic E-state index is 15.3. The molecule has 198 valence electrons. The molecule has 0 amide bonds. The first kappa shape index (κ1) is 28.2. The third-order valence-electron chi connectivity index (χ3n) is 4.92. The minimum atomic E-state index is -4.32. The summed E-state index contributed by atoms with van der Waals surface area (Å²) in [4.78, 5) is 37.7. The fraction of sp³-hybridized carbons (Fsp3) is 0.476. The molecular formula is C21H26BrFN3O9P. The van der Waals surface area contributed by atoms with Gasteiger partial charge >= 0.3 is 19.4 Å². The van der Waals surface area contributed by atoms with E-state index in [1.807, 2.05) is 4.98 Å². The average molecular weight is 594 g/mol. The van der Waals surface area contributed by atoms with Gasteiger partial charge in [-0.25, -0.2) is 13.8 Å². The van der Waals surface area contributed by atoms with Crippen LogP contribution in [0.25, 0.3) is 0 Å². The van der Waals surface area contributed by atoms with Crippen molar-refractivity contribution in [2.75, 3.05) is 6.61 Å². The number of para-hydroxylation sites is 1. The quantitative estimate of drug-likeness (QED) is 0.211. The molecular weight excluding hydrogens is 568 g/mol. The second kappa shape index (κ2) is 11.4. The summed E-state index contributed by atoms with van der Waals surface area (Å²) in [6.07, 6.45) is -4.46. The SMILES string of the molecule is CC(C)OC(=O)[C@H](C)N[P@@](=O)(OC[C@H]1O[C@@H](n2ccc(=O)[nH]c2=O)C(F)(Br)C1O)Oc1ccccc1. The van der Waals surface area contributed by atoms with Gasteiger partial charge in [0.25, 0.3) is 5.56 Å². The number of nitrogens with one attached hydrogen (secondary N) is 2. The Labute approximate surface area is 213 Å². The van der Waals surface area contributed by atoms with Crippen LogP contribution in [-0.2, 0) is 23.4 Å². The molecule has 1 aromatic carbocycles. The standard InChI is InChI=1S/C21H26BrFN3O9P/c1-12(2)33-18(29)13(3)25-36(31,35-14-7-5-4-6-8-14)32-11-15-17(28)21(22,23)19(34-15)26-10-9-16(27)24-20(26)30/h4-10,12-13,15,17,19,28H,11H2,1-3H3,(H,25,31)(H,24,27,30)/t13-,15+,17?,19+,21?,36+/m0/s1. The Morgan fingerprint density at radius 3 is 2.58 bits per heavy atom. The van der Waals surface area contributed by atoms with Crippen molar-refractivity contribution in [2.24, 2.45) is 0 Å². The molecule has 2 unspecified atom stereocenters. The number of H-pyrrole nitrogens is 1. The minimum absolute atomic E-state index is 0.142. The van der Waals surface area contributed by atoms with Crippen molar-refractivity contribution in [3.63, 3.8) is 0 Å². The molecule has 0 aliphatic carbocycles. The Morgan fingerprint density at radius 1 is 1.31 bits per heavy atom. The summed E-state index contributed by atoms with van der Waals surface area (Å²) < 4.78 is 48.5. The Kier molecular flexibility index (Phi) is 8.91. The summed E-state index contributed by atoms with van der Waals surface area (Å²) in [5, 5.41) is 13.0. The van der Waals surface area contributed by atoms with Gasteiger partial charge in [0.1, 0.15) is 24.0 Å². The summed E-state index contributed by atoms with van der Waals surface area (Å²) in [5.41, 5.74) is -1.68. The highest BCUT2D eigenvalue weighted by Gasteiger charge is 2.57. The number of ether oxygens (including phenoxy) is 2. The van der Waals surface area contributed by atoms with Gasteiger partial charge in [-0.1, -0.05) is 18.2 Å². The molecule has 3 rings (SSSR count). The van der Waals surface area contributed by atoms with E-state index in [1.165, 1.54) is 19.1 Å². The first-order valence-electron chi connectivity index (χ1n) is 10.8. The van der Waals surface area contributed by atoms with E-state index in [4.69, 9.17) is 18.5 Å². The van der Waals surface area contributed by atoms with E-state index in [-0.39, 0.29) is 5.75 Å². The van der Waals surface area contributed by atoms with Crippen LogP contribution in [0.1, 0.15) is 27.0 Å². The van der Waals surface area contributed by atoms with Gasteiger partial charge in [0.15, 0.2) is 6.23 Å². The number of carbonyl (C=O) groups is 1. The number of nitrogens with zero attached hydrogens (tertiary/aromatic N) is 1. The largest absolute Gasteiger partial charge is 0.462 e. The second-order valence-corrected chi connectivity index (χ2v) is 11.1. The molecule has 15 heteroatoms. The van der Waals surface area contributed by atoms with E-state index < -0.39 is 66.7 Å². The van der Waals surface area contributed by atoms with Gasteiger partial charge < -0.3 is 19.1 Å². The molecule has 2 aromatic rings. The molecule has 1 fully saturated rings. The average Bonchev–Trinajstić information content (AvgIpc) is 3.01. The molecule has 0 saturated carbocycles. The van der Waals surface area contributed by atoms with Crippen LogP contribution in [-0.4, -0.2) is 56.2 Å². The van der Waals surface area contributed by atoms with Gasteiger partial charge in [-0.3, -0.25) is 23.7 Å². The van der Waals surface area contributed by atoms with Gasteiger partial charge in [-0.15, -0.1) is 0 Å². The number of halogens is 2. The molecule has 0 bridgehead atoms. The van der Waals surface area contributed by atoms with Crippen LogP contribution in [0.4, 0.5) is 4.39 Å². The lowest BCUT2D eigenvalue weighted by atomic mass is 10.1. The molecule has 36 heavy (non-hydrogen) atoms. The fourth-order valence-electron chi connectivity index (χ4n) is 3.22. The van der Waals surface area contributed by atoms with Crippen molar-refractivity contribution in [2.45, 2.75) is 55.9 Å². The van der Waals surface area contributed by atoms with Crippen LogP contribution in [0.5, 0.6) is 5.75 Å². The first-order valence-corrected chi connectivity index (χ1v) is 13.2. The monoisotopic (exact) mass is 593 g/mol. The highest BCUT2D eigenvalue weighted by Crippen LogP contribution is 2.49. The Balaban J connectivity index is 1.80. The number of hydrogen-bond donors (Lipinski definition) is 3. The van der Waals surface area contributed by atoms with Gasteiger partial charge in [-0.2, -0.15) is 5.09 Å². The van der Waals surface area contributed by atoms with Crippen molar-refractivity contribution >= 4 is 29.6 Å². The molecule has 1 aromatic heterocycles. The minimum Gasteiger partial charge on any atom is -0.462 e. The van der Waals surface area contributed by atoms with Crippen molar-refractivity contribution in [3.8, 4) is 5.75 Å². The van der Waals surface area contributed by atoms with Crippen LogP contribution in [0.15, 0.2) is 52.2 Å². The topological polar surface area (TPSA) is 158 Å². The molecule has 1 aliphatic rings. The number of hydrogen-bond acceptors (Lipinski definition) is 9. The molecule has 0 radical (unpaired) electrons. The molecule has 0 spiro atoms. The molecule has 6 atom stereocenters. The van der Waals surface area contributed by atoms with Crippen LogP contribution >= 0.6 is 23.7 Å². The lowest BCUT2D eigenvalue weighted by Crippen LogP contribution is -2.41. The predicted molar refractivity (Wildman–Crippen MR) is 128 cm³/mol. The molecule has 3 N–H and O–H groups in total. The molecule has 1 saturated heterocycles. The third kappa shape index (κ3) is 6.69. The van der Waals surface area contributed by atoms with E-state index in [0.717, 1.165) is 16.8 Å². The number of aromatic nitrogens is 2. The summed E-state index contributed by atoms with van der Waals surface area (Å²) in [6, 6.07) is 7.79. The Morgan fingerprint density at radius 2 is 1.97 bits per heavy atom. The summed E-state index contributed by atoms with van der Waals surface area (Å²) in [5.74, 6) is -0.577. The van der Waals surface area contributed by atoms with Gasteiger partial charge in [0.05, 0.1) is 12.7 Å². The summed E-state index contributed by atoms with van der Waals surface area (Å²) >= 11 is 2.73. The van der Waals surface area contributed by atoms with E-state index in [0.29, 0.717) is 0 Å². The van der Waals surface area contributed by atoms with Crippen LogP contribution in [0.3, 0.4) is 0 Å². The number of aliphatic hydroxyl groups excluding tert-OH is 1. The van der Waals surface area contributed by atoms with Crippen LogP contribution in [0.2, 0.25) is 0 Å². The van der Waals surface area contributed by atoms with Crippen molar-refractivity contribution < 1.29 is 37.4 Å². The fourth-order valence-corrected chi connectivity index (χ4v) is 5.35. The van der Waals surface area contributed by atoms with Crippen molar-refractivity contribution in [1.29, 1.82) is 0 Å².